The summed E-state index contributed by atoms with van der Waals surface area (Å²) < 4.78 is 0. The molecular weight excluding hydrogens is 316 g/mol. The van der Waals surface area contributed by atoms with Gasteiger partial charge in [-0.1, -0.05) is 51.2 Å². The largest absolute Gasteiger partial charge is 0.480 e. The highest BCUT2D eigenvalue weighted by Gasteiger charge is 2.10. The number of amides is 1. The van der Waals surface area contributed by atoms with Crippen molar-refractivity contribution in [3.63, 3.8) is 0 Å². The quantitative estimate of drug-likeness (QED) is 0.270. The minimum absolute atomic E-state index is 0.0758. The van der Waals surface area contributed by atoms with Crippen LogP contribution in [-0.2, 0) is 9.59 Å². The molecule has 0 saturated heterocycles. The Hall–Kier alpha value is -1.36. The van der Waals surface area contributed by atoms with E-state index in [4.69, 9.17) is 10.8 Å². The van der Waals surface area contributed by atoms with Crippen LogP contribution in [-0.4, -0.2) is 29.6 Å². The first-order chi connectivity index (χ1) is 12.1. The number of carboxylic acids is 1. The summed E-state index contributed by atoms with van der Waals surface area (Å²) in [4.78, 5) is 22.2. The maximum atomic E-state index is 11.7. The molecular formula is C20H38N2O3. The van der Waals surface area contributed by atoms with E-state index in [0.29, 0.717) is 19.4 Å². The van der Waals surface area contributed by atoms with E-state index in [-0.39, 0.29) is 5.91 Å². The van der Waals surface area contributed by atoms with E-state index in [1.165, 1.54) is 38.5 Å². The number of hydrogen-bond donors (Lipinski definition) is 3. The second-order valence-corrected chi connectivity index (χ2v) is 6.71. The Morgan fingerprint density at radius 3 is 2.28 bits per heavy atom. The van der Waals surface area contributed by atoms with Gasteiger partial charge in [0.15, 0.2) is 0 Å². The van der Waals surface area contributed by atoms with Crippen LogP contribution in [0.1, 0.15) is 90.4 Å². The molecule has 146 valence electrons. The molecule has 0 unspecified atom stereocenters. The van der Waals surface area contributed by atoms with Crippen molar-refractivity contribution in [2.75, 3.05) is 6.54 Å². The summed E-state index contributed by atoms with van der Waals surface area (Å²) in [6.07, 6.45) is 17.9. The van der Waals surface area contributed by atoms with E-state index in [9.17, 15) is 9.59 Å². The van der Waals surface area contributed by atoms with Crippen molar-refractivity contribution in [2.45, 2.75) is 96.4 Å². The Morgan fingerprint density at radius 1 is 0.960 bits per heavy atom. The first kappa shape index (κ1) is 23.6. The van der Waals surface area contributed by atoms with E-state index in [0.717, 1.165) is 32.1 Å². The summed E-state index contributed by atoms with van der Waals surface area (Å²) in [6, 6.07) is -0.793. The van der Waals surface area contributed by atoms with Gasteiger partial charge in [0, 0.05) is 13.0 Å². The smallest absolute Gasteiger partial charge is 0.320 e. The van der Waals surface area contributed by atoms with E-state index < -0.39 is 12.0 Å². The molecule has 4 N–H and O–H groups in total. The number of hydrogen-bond acceptors (Lipinski definition) is 3. The molecule has 0 radical (unpaired) electrons. The lowest BCUT2D eigenvalue weighted by atomic mass is 10.1. The minimum atomic E-state index is -0.964. The number of rotatable bonds is 17. The average Bonchev–Trinajstić information content (AvgIpc) is 2.59. The molecule has 0 heterocycles. The summed E-state index contributed by atoms with van der Waals surface area (Å²) in [5.41, 5.74) is 5.42. The predicted molar refractivity (Wildman–Crippen MR) is 103 cm³/mol. The van der Waals surface area contributed by atoms with Crippen molar-refractivity contribution >= 4 is 11.9 Å². The number of allylic oxidation sites excluding steroid dienone is 2. The zero-order valence-corrected chi connectivity index (χ0v) is 16.0. The van der Waals surface area contributed by atoms with Crippen LogP contribution in [0.25, 0.3) is 0 Å². The van der Waals surface area contributed by atoms with E-state index >= 15 is 0 Å². The Balaban J connectivity index is 3.35. The van der Waals surface area contributed by atoms with Crippen molar-refractivity contribution in [1.29, 1.82) is 0 Å². The lowest BCUT2D eigenvalue weighted by Gasteiger charge is -2.07. The lowest BCUT2D eigenvalue weighted by molar-refractivity contribution is -0.138. The van der Waals surface area contributed by atoms with E-state index in [1.807, 2.05) is 0 Å². The van der Waals surface area contributed by atoms with Gasteiger partial charge in [-0.25, -0.2) is 0 Å². The van der Waals surface area contributed by atoms with Gasteiger partial charge in [0.2, 0.25) is 5.91 Å². The maximum absolute atomic E-state index is 11.7. The molecule has 0 aromatic rings. The number of nitrogens with two attached hydrogens (primary N) is 1. The third-order valence-electron chi connectivity index (χ3n) is 4.25. The molecule has 0 fully saturated rings. The fraction of sp³-hybridized carbons (Fsp3) is 0.800. The Morgan fingerprint density at radius 2 is 1.60 bits per heavy atom. The molecule has 0 bridgehead atoms. The lowest BCUT2D eigenvalue weighted by Crippen LogP contribution is -2.30. The second kappa shape index (κ2) is 17.5. The monoisotopic (exact) mass is 354 g/mol. The number of carbonyl (C=O) groups is 2. The molecule has 0 saturated carbocycles. The molecule has 0 spiro atoms. The molecule has 0 aliphatic carbocycles. The zero-order valence-electron chi connectivity index (χ0n) is 16.0. The van der Waals surface area contributed by atoms with Gasteiger partial charge < -0.3 is 16.2 Å². The number of carboxylic acid groups (broad SMARTS) is 1. The molecule has 0 rings (SSSR count). The molecule has 0 aromatic heterocycles. The molecule has 0 aliphatic heterocycles. The normalized spacial score (nSPS) is 12.4. The number of aliphatic carboxylic acids is 1. The molecule has 25 heavy (non-hydrogen) atoms. The Bertz CT molecular complexity index is 370. The number of carbonyl (C=O) groups excluding carboxylic acids is 1. The fourth-order valence-corrected chi connectivity index (χ4v) is 2.59. The standard InChI is InChI=1S/C20H38N2O3/c1-2-3-4-5-6-7-8-9-10-11-12-16-19(23)22-17-14-13-15-18(21)20(24)25/h9-10,18H,2-8,11-17,21H2,1H3,(H,22,23)(H,24,25)/t18-/m0/s1. The maximum Gasteiger partial charge on any atom is 0.320 e. The summed E-state index contributed by atoms with van der Waals surface area (Å²) in [6.45, 7) is 2.83. The zero-order chi connectivity index (χ0) is 18.8. The third-order valence-corrected chi connectivity index (χ3v) is 4.25. The van der Waals surface area contributed by atoms with Gasteiger partial charge in [0.05, 0.1) is 0 Å². The van der Waals surface area contributed by atoms with Crippen molar-refractivity contribution in [3.05, 3.63) is 12.2 Å². The van der Waals surface area contributed by atoms with Crippen LogP contribution < -0.4 is 11.1 Å². The van der Waals surface area contributed by atoms with Crippen LogP contribution in [0.3, 0.4) is 0 Å². The van der Waals surface area contributed by atoms with Crippen LogP contribution in [0, 0.1) is 0 Å². The highest BCUT2D eigenvalue weighted by atomic mass is 16.4. The molecule has 5 heteroatoms. The Kier molecular flexibility index (Phi) is 16.5. The van der Waals surface area contributed by atoms with Gasteiger partial charge in [-0.15, -0.1) is 0 Å². The van der Waals surface area contributed by atoms with Crippen LogP contribution in [0.15, 0.2) is 12.2 Å². The number of unbranched alkanes of at least 4 members (excludes halogenated alkanes) is 8. The van der Waals surface area contributed by atoms with Crippen molar-refractivity contribution in [1.82, 2.24) is 5.32 Å². The Labute approximate surface area is 153 Å². The first-order valence-electron chi connectivity index (χ1n) is 9.98. The van der Waals surface area contributed by atoms with Gasteiger partial charge in [0.1, 0.15) is 6.04 Å². The minimum Gasteiger partial charge on any atom is -0.480 e. The SMILES string of the molecule is CCCCCCCCC=CCCCC(=O)NCCCC[C@H](N)C(=O)O. The topological polar surface area (TPSA) is 92.4 Å². The van der Waals surface area contributed by atoms with Crippen LogP contribution in [0.2, 0.25) is 0 Å². The third kappa shape index (κ3) is 17.3. The van der Waals surface area contributed by atoms with E-state index in [2.05, 4.69) is 24.4 Å². The van der Waals surface area contributed by atoms with Gasteiger partial charge >= 0.3 is 5.97 Å². The molecule has 0 aliphatic rings. The highest BCUT2D eigenvalue weighted by molar-refractivity contribution is 5.75. The fourth-order valence-electron chi connectivity index (χ4n) is 2.59. The molecule has 1 amide bonds. The van der Waals surface area contributed by atoms with Crippen molar-refractivity contribution in [2.24, 2.45) is 5.73 Å². The first-order valence-corrected chi connectivity index (χ1v) is 9.98. The predicted octanol–water partition coefficient (Wildman–Crippen LogP) is 4.16. The molecule has 0 aromatic carbocycles. The molecule has 5 nitrogen and oxygen atoms in total. The summed E-state index contributed by atoms with van der Waals surface area (Å²) in [5, 5.41) is 11.5. The molecule has 1 atom stereocenters. The van der Waals surface area contributed by atoms with E-state index in [1.54, 1.807) is 0 Å². The van der Waals surface area contributed by atoms with Crippen LogP contribution in [0.5, 0.6) is 0 Å². The van der Waals surface area contributed by atoms with Gasteiger partial charge in [0.25, 0.3) is 0 Å². The van der Waals surface area contributed by atoms with Crippen molar-refractivity contribution in [3.8, 4) is 0 Å². The summed E-state index contributed by atoms with van der Waals surface area (Å²) in [5.74, 6) is -0.888. The summed E-state index contributed by atoms with van der Waals surface area (Å²) in [7, 11) is 0. The van der Waals surface area contributed by atoms with Gasteiger partial charge in [-0.05, 0) is 44.9 Å². The highest BCUT2D eigenvalue weighted by Crippen LogP contribution is 2.07. The van der Waals surface area contributed by atoms with Crippen LogP contribution >= 0.6 is 0 Å². The second-order valence-electron chi connectivity index (χ2n) is 6.71. The van der Waals surface area contributed by atoms with Gasteiger partial charge in [-0.2, -0.15) is 0 Å². The average molecular weight is 355 g/mol. The number of nitrogens with one attached hydrogen (secondary N) is 1. The van der Waals surface area contributed by atoms with Crippen molar-refractivity contribution < 1.29 is 14.7 Å². The van der Waals surface area contributed by atoms with Gasteiger partial charge in [-0.3, -0.25) is 9.59 Å². The van der Waals surface area contributed by atoms with Crippen LogP contribution in [0.4, 0.5) is 0 Å². The summed E-state index contributed by atoms with van der Waals surface area (Å²) >= 11 is 0.